The highest BCUT2D eigenvalue weighted by atomic mass is 35.5. The number of ether oxygens (including phenoxy) is 2. The minimum Gasteiger partial charge on any atom is -0.467 e. The van der Waals surface area contributed by atoms with Gasteiger partial charge in [0.15, 0.2) is 0 Å². The molecule has 2 aliphatic carbocycles. The number of allylic oxidation sites excluding steroid dienone is 1. The van der Waals surface area contributed by atoms with E-state index in [0.717, 1.165) is 81.8 Å². The number of methoxy groups -OCH3 is 2. The fraction of sp³-hybridized carbons (Fsp3) is 0.407. The van der Waals surface area contributed by atoms with Gasteiger partial charge in [-0.25, -0.2) is 9.59 Å². The van der Waals surface area contributed by atoms with Gasteiger partial charge in [-0.2, -0.15) is 0 Å². The molecule has 0 bridgehead atoms. The van der Waals surface area contributed by atoms with Crippen molar-refractivity contribution in [3.63, 3.8) is 0 Å². The molecule has 5 N–H and O–H groups in total. The number of hydrogen-bond donors (Lipinski definition) is 5. The van der Waals surface area contributed by atoms with Gasteiger partial charge in [0.25, 0.3) is 11.8 Å². The molecule has 2 atom stereocenters. The molecule has 0 radical (unpaired) electrons. The van der Waals surface area contributed by atoms with E-state index in [1.54, 1.807) is 84.9 Å². The number of aliphatic hydroxyl groups excluding tert-OH is 1. The summed E-state index contributed by atoms with van der Waals surface area (Å²) in [7, 11) is 2.61. The van der Waals surface area contributed by atoms with Crippen molar-refractivity contribution in [2.24, 2.45) is 10.8 Å². The molecule has 2 aliphatic rings. The Morgan fingerprint density at radius 3 is 1.30 bits per heavy atom. The second-order valence-corrected chi connectivity index (χ2v) is 19.6. The van der Waals surface area contributed by atoms with Gasteiger partial charge in [0.05, 0.1) is 45.4 Å². The minimum absolute atomic E-state index is 0.102. The van der Waals surface area contributed by atoms with Crippen LogP contribution in [0.1, 0.15) is 115 Å². The minimum atomic E-state index is -0.833. The Morgan fingerprint density at radius 2 is 0.958 bits per heavy atom. The zero-order valence-electron chi connectivity index (χ0n) is 40.1. The number of anilines is 2. The Hall–Kier alpha value is -5.44. The van der Waals surface area contributed by atoms with E-state index in [1.165, 1.54) is 14.2 Å². The molecule has 71 heavy (non-hydrogen) atoms. The van der Waals surface area contributed by atoms with Crippen LogP contribution in [0.25, 0.3) is 0 Å². The van der Waals surface area contributed by atoms with Crippen molar-refractivity contribution in [3.05, 3.63) is 140 Å². The highest BCUT2D eigenvalue weighted by molar-refractivity contribution is 6.41. The van der Waals surface area contributed by atoms with Crippen LogP contribution in [0.4, 0.5) is 11.4 Å². The predicted molar refractivity (Wildman–Crippen MR) is 279 cm³/mol. The maximum Gasteiger partial charge on any atom is 0.328 e. The molecule has 4 aromatic rings. The van der Waals surface area contributed by atoms with Gasteiger partial charge in [-0.05, 0) is 111 Å². The van der Waals surface area contributed by atoms with Crippen molar-refractivity contribution >= 4 is 93.3 Å². The molecule has 380 valence electrons. The number of unbranched alkanes of at least 4 members (excludes halogenated alkanes) is 1. The van der Waals surface area contributed by atoms with Crippen LogP contribution in [0.15, 0.2) is 97.6 Å². The van der Waals surface area contributed by atoms with Crippen molar-refractivity contribution in [1.29, 1.82) is 0 Å². The summed E-state index contributed by atoms with van der Waals surface area (Å²) in [5.41, 5.74) is 2.10. The van der Waals surface area contributed by atoms with E-state index in [0.29, 0.717) is 24.2 Å². The van der Waals surface area contributed by atoms with E-state index in [2.05, 4.69) is 27.8 Å². The standard InChI is InChI=1S/C27H32Cl2N2O5.C27H30Cl2N2O4/c1-36-25(34)22(31-26(35)27(13-2-3-14-27)15-4-5-16-32)17-18-9-11-19(12-10-18)30-24(33)23-20(28)7-6-8-21(23)29;1-3-4-14-27(15-5-6-16-27)26(34)31-22(25(33)35-2)17-18-10-12-19(13-11-18)30-24(32)23-20(28)8-7-9-21(23)29/h6-12,22,32H,2-5,13-17H2,1H3,(H,30,33)(H,31,35);3,7-13,22H,1,4-6,14-17H2,2H3,(H,30,32)(H,31,34). The molecule has 0 saturated heterocycles. The summed E-state index contributed by atoms with van der Waals surface area (Å²) in [4.78, 5) is 76.7. The number of esters is 2. The first kappa shape index (κ1) is 56.5. The summed E-state index contributed by atoms with van der Waals surface area (Å²) in [5, 5.41) is 21.6. The lowest BCUT2D eigenvalue weighted by molar-refractivity contribution is -0.147. The summed E-state index contributed by atoms with van der Waals surface area (Å²) < 4.78 is 9.92. The fourth-order valence-electron chi connectivity index (χ4n) is 9.27. The molecule has 6 rings (SSSR count). The molecular formula is C54H62Cl4N4O9. The van der Waals surface area contributed by atoms with Crippen molar-refractivity contribution < 1.29 is 43.3 Å². The Bertz CT molecular complexity index is 2450. The third kappa shape index (κ3) is 15.5. The van der Waals surface area contributed by atoms with E-state index >= 15 is 0 Å². The maximum absolute atomic E-state index is 13.3. The maximum atomic E-state index is 13.3. The second kappa shape index (κ2) is 27.4. The normalized spacial score (nSPS) is 15.2. The van der Waals surface area contributed by atoms with Crippen LogP contribution in [0.5, 0.6) is 0 Å². The van der Waals surface area contributed by atoms with Crippen molar-refractivity contribution in [3.8, 4) is 0 Å². The quantitative estimate of drug-likeness (QED) is 0.0307. The lowest BCUT2D eigenvalue weighted by Gasteiger charge is -2.30. The van der Waals surface area contributed by atoms with Crippen LogP contribution in [0.3, 0.4) is 0 Å². The first-order valence-electron chi connectivity index (χ1n) is 23.8. The van der Waals surface area contributed by atoms with E-state index in [-0.39, 0.29) is 62.5 Å². The predicted octanol–water partition coefficient (Wildman–Crippen LogP) is 11.1. The van der Waals surface area contributed by atoms with Crippen molar-refractivity contribution in [1.82, 2.24) is 10.6 Å². The topological polar surface area (TPSA) is 189 Å². The van der Waals surface area contributed by atoms with Crippen LogP contribution < -0.4 is 21.3 Å². The molecule has 2 fully saturated rings. The molecule has 0 aromatic heterocycles. The molecule has 0 spiro atoms. The number of nitrogens with one attached hydrogen (secondary N) is 4. The summed E-state index contributed by atoms with van der Waals surface area (Å²) >= 11 is 24.5. The van der Waals surface area contributed by atoms with Gasteiger partial charge in [0, 0.05) is 41.7 Å². The zero-order chi connectivity index (χ0) is 51.6. The van der Waals surface area contributed by atoms with Gasteiger partial charge in [0.2, 0.25) is 11.8 Å². The second-order valence-electron chi connectivity index (χ2n) is 18.0. The number of benzene rings is 4. The number of hydrogen-bond acceptors (Lipinski definition) is 9. The Kier molecular flexibility index (Phi) is 21.8. The van der Waals surface area contributed by atoms with Crippen LogP contribution in [0.2, 0.25) is 20.1 Å². The van der Waals surface area contributed by atoms with Crippen molar-refractivity contribution in [2.75, 3.05) is 31.5 Å². The average molecular weight is 1050 g/mol. The van der Waals surface area contributed by atoms with Crippen LogP contribution in [-0.2, 0) is 41.5 Å². The molecular weight excluding hydrogens is 990 g/mol. The first-order valence-corrected chi connectivity index (χ1v) is 25.3. The molecule has 17 heteroatoms. The highest BCUT2D eigenvalue weighted by Crippen LogP contribution is 2.44. The van der Waals surface area contributed by atoms with Gasteiger partial charge < -0.3 is 35.8 Å². The number of halogens is 4. The Balaban J connectivity index is 0.000000264. The Labute approximate surface area is 435 Å². The van der Waals surface area contributed by atoms with Gasteiger partial charge in [-0.3, -0.25) is 19.2 Å². The number of carbonyl (C=O) groups excluding carboxylic acids is 6. The molecule has 13 nitrogen and oxygen atoms in total. The Morgan fingerprint density at radius 1 is 0.592 bits per heavy atom. The largest absolute Gasteiger partial charge is 0.467 e. The average Bonchev–Trinajstić information content (AvgIpc) is 4.06. The zero-order valence-corrected chi connectivity index (χ0v) is 43.1. The summed E-state index contributed by atoms with van der Waals surface area (Å²) in [6.07, 6.45) is 13.0. The molecule has 4 amide bonds. The van der Waals surface area contributed by atoms with E-state index in [4.69, 9.17) is 61.0 Å². The third-order valence-corrected chi connectivity index (χ3v) is 14.5. The van der Waals surface area contributed by atoms with Gasteiger partial charge in [-0.15, -0.1) is 6.58 Å². The first-order chi connectivity index (χ1) is 34.1. The van der Waals surface area contributed by atoms with E-state index in [1.807, 2.05) is 6.08 Å². The van der Waals surface area contributed by atoms with Gasteiger partial charge >= 0.3 is 11.9 Å². The monoisotopic (exact) mass is 1050 g/mol. The smallest absolute Gasteiger partial charge is 0.328 e. The lowest BCUT2D eigenvalue weighted by Crippen LogP contribution is -2.49. The summed E-state index contributed by atoms with van der Waals surface area (Å²) in [6.45, 7) is 3.88. The SMILES string of the molecule is C=CCCC1(C(=O)NC(Cc2ccc(NC(=O)c3c(Cl)cccc3Cl)cc2)C(=O)OC)CCCC1.COC(=O)C(Cc1ccc(NC(=O)c2c(Cl)cccc2Cl)cc1)NC(=O)C1(CCCCO)CCCC1. The van der Waals surface area contributed by atoms with Gasteiger partial charge in [0.1, 0.15) is 12.1 Å². The number of rotatable bonds is 21. The number of aliphatic hydroxyl groups is 1. The highest BCUT2D eigenvalue weighted by Gasteiger charge is 2.43. The van der Waals surface area contributed by atoms with Crippen LogP contribution in [-0.4, -0.2) is 73.6 Å². The lowest BCUT2D eigenvalue weighted by atomic mass is 9.79. The molecule has 2 saturated carbocycles. The molecule has 0 aliphatic heterocycles. The van der Waals surface area contributed by atoms with E-state index in [9.17, 15) is 28.8 Å². The van der Waals surface area contributed by atoms with Crippen molar-refractivity contribution in [2.45, 2.75) is 108 Å². The number of amides is 4. The molecule has 0 heterocycles. The van der Waals surface area contributed by atoms with Crippen LogP contribution >= 0.6 is 46.4 Å². The van der Waals surface area contributed by atoms with Gasteiger partial charge in [-0.1, -0.05) is 121 Å². The van der Waals surface area contributed by atoms with E-state index < -0.39 is 46.7 Å². The summed E-state index contributed by atoms with van der Waals surface area (Å²) in [6, 6.07) is 22.1. The van der Waals surface area contributed by atoms with Crippen LogP contribution in [0, 0.1) is 10.8 Å². The summed E-state index contributed by atoms with van der Waals surface area (Å²) in [5.74, 6) is -2.10. The fourth-order valence-corrected chi connectivity index (χ4v) is 10.4. The molecule has 4 aromatic carbocycles. The number of carbonyl (C=O) groups is 6. The third-order valence-electron chi connectivity index (χ3n) is 13.2. The molecule has 2 unspecified atom stereocenters.